The van der Waals surface area contributed by atoms with E-state index in [2.05, 4.69) is 37.5 Å². The first kappa shape index (κ1) is 14.2. The van der Waals surface area contributed by atoms with Crippen molar-refractivity contribution < 1.29 is 9.47 Å². The Hall–Kier alpha value is -1.26. The third-order valence-corrected chi connectivity index (χ3v) is 3.70. The average Bonchev–Trinajstić information content (AvgIpc) is 2.42. The van der Waals surface area contributed by atoms with E-state index in [1.165, 1.54) is 16.7 Å². The molecule has 1 aromatic rings. The zero-order valence-electron chi connectivity index (χ0n) is 12.3. The third-order valence-electron chi connectivity index (χ3n) is 3.70. The Morgan fingerprint density at radius 3 is 2.79 bits per heavy atom. The standard InChI is InChI=1S/C15H24N2O2/c1-10-7-11(2)14(15(18-4)12(10)3)17-9-13-8-16-5-6-19-13/h7,13,16-17H,5-6,8-9H2,1-4H3. The molecule has 2 N–H and O–H groups in total. The number of hydrogen-bond acceptors (Lipinski definition) is 4. The van der Waals surface area contributed by atoms with E-state index < -0.39 is 0 Å². The minimum Gasteiger partial charge on any atom is -0.494 e. The normalized spacial score (nSPS) is 19.3. The van der Waals surface area contributed by atoms with Gasteiger partial charge in [0.15, 0.2) is 0 Å². The number of methoxy groups -OCH3 is 1. The highest BCUT2D eigenvalue weighted by molar-refractivity contribution is 5.66. The highest BCUT2D eigenvalue weighted by Crippen LogP contribution is 2.34. The largest absolute Gasteiger partial charge is 0.494 e. The highest BCUT2D eigenvalue weighted by Gasteiger charge is 2.16. The Bertz CT molecular complexity index is 440. The minimum absolute atomic E-state index is 0.222. The van der Waals surface area contributed by atoms with E-state index >= 15 is 0 Å². The zero-order chi connectivity index (χ0) is 13.8. The molecule has 1 saturated heterocycles. The third kappa shape index (κ3) is 3.19. The summed E-state index contributed by atoms with van der Waals surface area (Å²) in [5.74, 6) is 0.946. The van der Waals surface area contributed by atoms with Gasteiger partial charge in [0, 0.05) is 19.6 Å². The molecule has 0 amide bonds. The second kappa shape index (κ2) is 6.26. The number of nitrogens with one attached hydrogen (secondary N) is 2. The van der Waals surface area contributed by atoms with Crippen LogP contribution in [0.4, 0.5) is 5.69 Å². The lowest BCUT2D eigenvalue weighted by molar-refractivity contribution is 0.0372. The number of anilines is 1. The summed E-state index contributed by atoms with van der Waals surface area (Å²) in [7, 11) is 1.73. The molecule has 1 unspecified atom stereocenters. The summed E-state index contributed by atoms with van der Waals surface area (Å²) in [5.41, 5.74) is 4.75. The maximum atomic E-state index is 5.70. The van der Waals surface area contributed by atoms with Crippen LogP contribution in [0.2, 0.25) is 0 Å². The second-order valence-electron chi connectivity index (χ2n) is 5.12. The molecule has 0 spiro atoms. The fourth-order valence-electron chi connectivity index (χ4n) is 2.49. The minimum atomic E-state index is 0.222. The molecule has 19 heavy (non-hydrogen) atoms. The van der Waals surface area contributed by atoms with E-state index in [9.17, 15) is 0 Å². The fraction of sp³-hybridized carbons (Fsp3) is 0.600. The molecule has 1 fully saturated rings. The molecule has 4 nitrogen and oxygen atoms in total. The first-order chi connectivity index (χ1) is 9.13. The molecule has 1 atom stereocenters. The number of morpholine rings is 1. The van der Waals surface area contributed by atoms with Gasteiger partial charge in [0.1, 0.15) is 5.75 Å². The van der Waals surface area contributed by atoms with Gasteiger partial charge >= 0.3 is 0 Å². The van der Waals surface area contributed by atoms with Crippen molar-refractivity contribution in [3.8, 4) is 5.75 Å². The van der Waals surface area contributed by atoms with Gasteiger partial charge in [0.2, 0.25) is 0 Å². The highest BCUT2D eigenvalue weighted by atomic mass is 16.5. The van der Waals surface area contributed by atoms with Crippen molar-refractivity contribution in [1.29, 1.82) is 0 Å². The zero-order valence-corrected chi connectivity index (χ0v) is 12.3. The van der Waals surface area contributed by atoms with Crippen LogP contribution >= 0.6 is 0 Å². The molecular formula is C15H24N2O2. The van der Waals surface area contributed by atoms with Gasteiger partial charge in [0.25, 0.3) is 0 Å². The average molecular weight is 264 g/mol. The molecular weight excluding hydrogens is 240 g/mol. The fourth-order valence-corrected chi connectivity index (χ4v) is 2.49. The molecule has 1 aliphatic rings. The van der Waals surface area contributed by atoms with Gasteiger partial charge in [-0.3, -0.25) is 0 Å². The molecule has 106 valence electrons. The Morgan fingerprint density at radius 2 is 2.16 bits per heavy atom. The van der Waals surface area contributed by atoms with Crippen molar-refractivity contribution >= 4 is 5.69 Å². The molecule has 1 aliphatic heterocycles. The van der Waals surface area contributed by atoms with Crippen LogP contribution in [0.15, 0.2) is 6.07 Å². The van der Waals surface area contributed by atoms with Crippen LogP contribution in [0.3, 0.4) is 0 Å². The number of ether oxygens (including phenoxy) is 2. The van der Waals surface area contributed by atoms with Gasteiger partial charge in [0.05, 0.1) is 25.5 Å². The lowest BCUT2D eigenvalue weighted by Gasteiger charge is -2.25. The second-order valence-corrected chi connectivity index (χ2v) is 5.12. The van der Waals surface area contributed by atoms with E-state index in [1.54, 1.807) is 7.11 Å². The van der Waals surface area contributed by atoms with Gasteiger partial charge in [-0.05, 0) is 37.5 Å². The van der Waals surface area contributed by atoms with Gasteiger partial charge < -0.3 is 20.1 Å². The summed E-state index contributed by atoms with van der Waals surface area (Å²) >= 11 is 0. The van der Waals surface area contributed by atoms with Crippen molar-refractivity contribution in [3.05, 3.63) is 22.8 Å². The predicted octanol–water partition coefficient (Wildman–Crippen LogP) is 2.02. The molecule has 4 heteroatoms. The van der Waals surface area contributed by atoms with Crippen molar-refractivity contribution in [3.63, 3.8) is 0 Å². The maximum absolute atomic E-state index is 5.70. The van der Waals surface area contributed by atoms with E-state index in [-0.39, 0.29) is 6.10 Å². The Labute approximate surface area is 115 Å². The van der Waals surface area contributed by atoms with Gasteiger partial charge in [-0.2, -0.15) is 0 Å². The van der Waals surface area contributed by atoms with E-state index in [0.717, 1.165) is 37.7 Å². The van der Waals surface area contributed by atoms with Crippen LogP contribution in [-0.4, -0.2) is 39.5 Å². The summed E-state index contributed by atoms with van der Waals surface area (Å²) in [6.07, 6.45) is 0.222. The Kier molecular flexibility index (Phi) is 4.66. The predicted molar refractivity (Wildman–Crippen MR) is 78.3 cm³/mol. The topological polar surface area (TPSA) is 42.5 Å². The number of aryl methyl sites for hydroxylation is 2. The van der Waals surface area contributed by atoms with Gasteiger partial charge in [-0.25, -0.2) is 0 Å². The molecule has 0 bridgehead atoms. The lowest BCUT2D eigenvalue weighted by Crippen LogP contribution is -2.42. The number of hydrogen-bond donors (Lipinski definition) is 2. The number of benzene rings is 1. The van der Waals surface area contributed by atoms with Crippen molar-refractivity contribution in [2.75, 3.05) is 38.7 Å². The molecule has 1 aromatic carbocycles. The Balaban J connectivity index is 2.12. The summed E-state index contributed by atoms with van der Waals surface area (Å²) in [4.78, 5) is 0. The van der Waals surface area contributed by atoms with Crippen LogP contribution in [0.25, 0.3) is 0 Å². The summed E-state index contributed by atoms with van der Waals surface area (Å²) in [6, 6.07) is 2.19. The molecule has 2 rings (SSSR count). The van der Waals surface area contributed by atoms with Crippen LogP contribution < -0.4 is 15.4 Å². The van der Waals surface area contributed by atoms with E-state index in [0.29, 0.717) is 0 Å². The molecule has 0 saturated carbocycles. The summed E-state index contributed by atoms with van der Waals surface area (Å²) in [6.45, 7) is 9.75. The Morgan fingerprint density at radius 1 is 1.37 bits per heavy atom. The van der Waals surface area contributed by atoms with Crippen LogP contribution in [0, 0.1) is 20.8 Å². The maximum Gasteiger partial charge on any atom is 0.145 e. The van der Waals surface area contributed by atoms with Gasteiger partial charge in [-0.1, -0.05) is 6.07 Å². The smallest absolute Gasteiger partial charge is 0.145 e. The first-order valence-electron chi connectivity index (χ1n) is 6.84. The van der Waals surface area contributed by atoms with E-state index in [4.69, 9.17) is 9.47 Å². The molecule has 1 heterocycles. The molecule has 0 aliphatic carbocycles. The van der Waals surface area contributed by atoms with Crippen molar-refractivity contribution in [2.24, 2.45) is 0 Å². The SMILES string of the molecule is COc1c(C)c(C)cc(C)c1NCC1CNCCO1. The molecule has 0 radical (unpaired) electrons. The quantitative estimate of drug-likeness (QED) is 0.873. The van der Waals surface area contributed by atoms with Crippen LogP contribution in [-0.2, 0) is 4.74 Å². The van der Waals surface area contributed by atoms with Crippen molar-refractivity contribution in [2.45, 2.75) is 26.9 Å². The first-order valence-corrected chi connectivity index (χ1v) is 6.84. The van der Waals surface area contributed by atoms with E-state index in [1.807, 2.05) is 0 Å². The van der Waals surface area contributed by atoms with Crippen molar-refractivity contribution in [1.82, 2.24) is 5.32 Å². The monoisotopic (exact) mass is 264 g/mol. The molecule has 0 aromatic heterocycles. The summed E-state index contributed by atoms with van der Waals surface area (Å²) in [5, 5.41) is 6.82. The number of rotatable bonds is 4. The summed E-state index contributed by atoms with van der Waals surface area (Å²) < 4.78 is 11.3. The van der Waals surface area contributed by atoms with Gasteiger partial charge in [-0.15, -0.1) is 0 Å². The van der Waals surface area contributed by atoms with Crippen LogP contribution in [0.1, 0.15) is 16.7 Å². The van der Waals surface area contributed by atoms with Crippen LogP contribution in [0.5, 0.6) is 5.75 Å². The lowest BCUT2D eigenvalue weighted by atomic mass is 10.0.